The normalized spacial score (nSPS) is 22.8. The third kappa shape index (κ3) is 5.48. The van der Waals surface area contributed by atoms with E-state index < -0.39 is 22.2 Å². The van der Waals surface area contributed by atoms with Crippen molar-refractivity contribution in [2.45, 2.75) is 56.6 Å². The molecule has 36 heavy (non-hydrogen) atoms. The van der Waals surface area contributed by atoms with Crippen LogP contribution in [0.4, 0.5) is 0 Å². The summed E-state index contributed by atoms with van der Waals surface area (Å²) in [5, 5.41) is 9.84. The Morgan fingerprint density at radius 2 is 2.00 bits per heavy atom. The summed E-state index contributed by atoms with van der Waals surface area (Å²) in [4.78, 5) is 18.7. The summed E-state index contributed by atoms with van der Waals surface area (Å²) in [6.45, 7) is 3.76. The summed E-state index contributed by atoms with van der Waals surface area (Å²) in [6.07, 6.45) is 9.12. The molecule has 194 valence electrons. The van der Waals surface area contributed by atoms with Gasteiger partial charge >= 0.3 is 0 Å². The first-order valence-electron chi connectivity index (χ1n) is 12.5. The number of hydrogen-bond donors (Lipinski definition) is 1. The van der Waals surface area contributed by atoms with Gasteiger partial charge < -0.3 is 14.7 Å². The number of benzene rings is 1. The number of pyridine rings is 1. The molecule has 0 fully saturated rings. The van der Waals surface area contributed by atoms with E-state index in [1.165, 1.54) is 9.88 Å². The van der Waals surface area contributed by atoms with Crippen LogP contribution in [0.5, 0.6) is 5.75 Å². The Bertz CT molecular complexity index is 1220. The number of allylic oxidation sites excluding steroid dienone is 2. The lowest BCUT2D eigenvalue weighted by Gasteiger charge is -2.37. The molecule has 1 aromatic heterocycles. The number of hydrogen-bond acceptors (Lipinski definition) is 6. The molecule has 3 atom stereocenters. The number of carbonyl (C=O) groups excluding carboxylic acids is 1. The van der Waals surface area contributed by atoms with Crippen molar-refractivity contribution in [3.8, 4) is 5.75 Å². The minimum absolute atomic E-state index is 0.0861. The number of carbonyl (C=O) groups is 1. The second kappa shape index (κ2) is 11.1. The molecule has 9 heteroatoms. The van der Waals surface area contributed by atoms with E-state index in [-0.39, 0.29) is 42.2 Å². The molecule has 1 aliphatic heterocycles. The van der Waals surface area contributed by atoms with Gasteiger partial charge in [-0.05, 0) is 68.0 Å². The van der Waals surface area contributed by atoms with E-state index in [2.05, 4.69) is 11.1 Å². The molecular weight excluding hydrogens is 478 g/mol. The molecule has 0 unspecified atom stereocenters. The van der Waals surface area contributed by atoms with Crippen LogP contribution in [0.3, 0.4) is 0 Å². The van der Waals surface area contributed by atoms with Gasteiger partial charge in [0.1, 0.15) is 16.7 Å². The Labute approximate surface area is 213 Å². The molecule has 1 aliphatic carbocycles. The predicted octanol–water partition coefficient (Wildman–Crippen LogP) is 3.58. The second-order valence-corrected chi connectivity index (χ2v) is 11.7. The van der Waals surface area contributed by atoms with E-state index in [1.54, 1.807) is 49.5 Å². The quantitative estimate of drug-likeness (QED) is 0.634. The highest BCUT2D eigenvalue weighted by molar-refractivity contribution is 7.89. The Hall–Kier alpha value is -2.75. The van der Waals surface area contributed by atoms with Crippen LogP contribution in [-0.2, 0) is 10.0 Å². The van der Waals surface area contributed by atoms with Crippen molar-refractivity contribution in [2.75, 3.05) is 26.7 Å². The third-order valence-electron chi connectivity index (χ3n) is 7.06. The van der Waals surface area contributed by atoms with Gasteiger partial charge in [0.05, 0.1) is 13.2 Å². The molecular formula is C27H35N3O5S. The monoisotopic (exact) mass is 513 g/mol. The second-order valence-electron chi connectivity index (χ2n) is 9.80. The Morgan fingerprint density at radius 3 is 2.67 bits per heavy atom. The van der Waals surface area contributed by atoms with Gasteiger partial charge in [-0.2, -0.15) is 4.31 Å². The van der Waals surface area contributed by atoms with E-state index >= 15 is 0 Å². The summed E-state index contributed by atoms with van der Waals surface area (Å²) < 4.78 is 35.2. The standard InChI is InChI=1S/C27H35N3O5S/c1-19-16-30(20(2)18-31)36(33,34)26-10-9-23(21-7-5-4-6-8-21)15-24(26)35-25(19)17-29(3)27(32)22-11-13-28-14-12-22/h7,9-15,19-20,25,31H,4-6,8,16-18H2,1-3H3/t19-,20+,25+/m0/s1. The van der Waals surface area contributed by atoms with Crippen LogP contribution in [0, 0.1) is 5.92 Å². The average Bonchev–Trinajstić information content (AvgIpc) is 2.90. The van der Waals surface area contributed by atoms with Crippen molar-refractivity contribution >= 4 is 21.5 Å². The number of sulfonamides is 1. The fourth-order valence-corrected chi connectivity index (χ4v) is 6.64. The molecule has 0 saturated heterocycles. The van der Waals surface area contributed by atoms with Crippen molar-refractivity contribution in [1.82, 2.24) is 14.2 Å². The van der Waals surface area contributed by atoms with Gasteiger partial charge in [-0.15, -0.1) is 0 Å². The summed E-state index contributed by atoms with van der Waals surface area (Å²) in [6, 6.07) is 8.02. The molecule has 1 N–H and O–H groups in total. The number of rotatable bonds is 6. The van der Waals surface area contributed by atoms with E-state index in [4.69, 9.17) is 4.74 Å². The fraction of sp³-hybridized carbons (Fsp3) is 0.481. The minimum atomic E-state index is -3.90. The zero-order chi connectivity index (χ0) is 25.9. The van der Waals surface area contributed by atoms with Crippen molar-refractivity contribution in [2.24, 2.45) is 5.92 Å². The number of aliphatic hydroxyl groups excluding tert-OH is 1. The molecule has 0 spiro atoms. The molecule has 2 aliphatic rings. The molecule has 2 heterocycles. The molecule has 0 radical (unpaired) electrons. The van der Waals surface area contributed by atoms with E-state index in [1.807, 2.05) is 19.1 Å². The van der Waals surface area contributed by atoms with E-state index in [9.17, 15) is 18.3 Å². The number of aromatic nitrogens is 1. The van der Waals surface area contributed by atoms with Gasteiger partial charge in [-0.1, -0.05) is 19.1 Å². The van der Waals surface area contributed by atoms with E-state index in [0.29, 0.717) is 5.56 Å². The lowest BCUT2D eigenvalue weighted by molar-refractivity contribution is 0.0563. The van der Waals surface area contributed by atoms with Crippen molar-refractivity contribution in [1.29, 1.82) is 0 Å². The highest BCUT2D eigenvalue weighted by Crippen LogP contribution is 2.37. The highest BCUT2D eigenvalue weighted by atomic mass is 32.2. The van der Waals surface area contributed by atoms with Crippen molar-refractivity contribution in [3.05, 3.63) is 59.9 Å². The van der Waals surface area contributed by atoms with Crippen LogP contribution < -0.4 is 4.74 Å². The Balaban J connectivity index is 1.72. The molecule has 0 saturated carbocycles. The van der Waals surface area contributed by atoms with Gasteiger partial charge in [-0.3, -0.25) is 9.78 Å². The number of ether oxygens (including phenoxy) is 1. The maximum absolute atomic E-state index is 13.7. The molecule has 1 aromatic carbocycles. The maximum atomic E-state index is 13.7. The minimum Gasteiger partial charge on any atom is -0.487 e. The summed E-state index contributed by atoms with van der Waals surface area (Å²) in [5.74, 6) is -0.118. The van der Waals surface area contributed by atoms with Gasteiger partial charge in [0.15, 0.2) is 0 Å². The lowest BCUT2D eigenvalue weighted by atomic mass is 9.93. The van der Waals surface area contributed by atoms with Crippen LogP contribution in [-0.4, -0.2) is 72.5 Å². The average molecular weight is 514 g/mol. The number of aliphatic hydroxyl groups is 1. The van der Waals surface area contributed by atoms with Crippen LogP contribution in [0.15, 0.2) is 53.7 Å². The maximum Gasteiger partial charge on any atom is 0.253 e. The Morgan fingerprint density at radius 1 is 1.25 bits per heavy atom. The van der Waals surface area contributed by atoms with Gasteiger partial charge in [-0.25, -0.2) is 8.42 Å². The predicted molar refractivity (Wildman–Crippen MR) is 138 cm³/mol. The van der Waals surface area contributed by atoms with E-state index in [0.717, 1.165) is 31.2 Å². The molecule has 8 nitrogen and oxygen atoms in total. The van der Waals surface area contributed by atoms with Crippen molar-refractivity contribution in [3.63, 3.8) is 0 Å². The van der Waals surface area contributed by atoms with Gasteiger partial charge in [0, 0.05) is 43.5 Å². The Kier molecular flexibility index (Phi) is 8.12. The molecule has 2 aromatic rings. The zero-order valence-corrected chi connectivity index (χ0v) is 21.9. The summed E-state index contributed by atoms with van der Waals surface area (Å²) in [5.41, 5.74) is 2.68. The number of nitrogens with zero attached hydrogens (tertiary/aromatic N) is 3. The topological polar surface area (TPSA) is 100 Å². The molecule has 1 amide bonds. The first kappa shape index (κ1) is 26.3. The zero-order valence-electron chi connectivity index (χ0n) is 21.1. The lowest BCUT2D eigenvalue weighted by Crippen LogP contribution is -2.50. The number of likely N-dealkylation sites (N-methyl/N-ethyl adjacent to an activating group) is 1. The fourth-order valence-electron chi connectivity index (χ4n) is 4.81. The summed E-state index contributed by atoms with van der Waals surface area (Å²) >= 11 is 0. The molecule has 4 rings (SSSR count). The smallest absolute Gasteiger partial charge is 0.253 e. The van der Waals surface area contributed by atoms with Crippen LogP contribution in [0.1, 0.15) is 55.5 Å². The summed E-state index contributed by atoms with van der Waals surface area (Å²) in [7, 11) is -2.19. The number of fused-ring (bicyclic) bond motifs is 1. The number of amides is 1. The highest BCUT2D eigenvalue weighted by Gasteiger charge is 2.38. The van der Waals surface area contributed by atoms with Crippen LogP contribution in [0.25, 0.3) is 5.57 Å². The van der Waals surface area contributed by atoms with Gasteiger partial charge in [0.2, 0.25) is 10.0 Å². The SMILES string of the molecule is C[C@H](CO)N1C[C@H](C)[C@@H](CN(C)C(=O)c2ccncc2)Oc2cc(C3=CCCCC3)ccc2S1(=O)=O. The van der Waals surface area contributed by atoms with Crippen molar-refractivity contribution < 1.29 is 23.1 Å². The van der Waals surface area contributed by atoms with Crippen LogP contribution in [0.2, 0.25) is 0 Å². The first-order valence-corrected chi connectivity index (χ1v) is 13.9. The third-order valence-corrected chi connectivity index (χ3v) is 9.08. The first-order chi connectivity index (χ1) is 17.2. The van der Waals surface area contributed by atoms with Crippen LogP contribution >= 0.6 is 0 Å². The molecule has 0 bridgehead atoms. The largest absolute Gasteiger partial charge is 0.487 e. The van der Waals surface area contributed by atoms with Gasteiger partial charge in [0.25, 0.3) is 5.91 Å².